The summed E-state index contributed by atoms with van der Waals surface area (Å²) in [5.41, 5.74) is 8.60. The van der Waals surface area contributed by atoms with E-state index in [0.717, 1.165) is 27.2 Å². The van der Waals surface area contributed by atoms with Crippen LogP contribution in [-0.4, -0.2) is 9.97 Å². The largest absolute Gasteiger partial charge is 0.439 e. The summed E-state index contributed by atoms with van der Waals surface area (Å²) in [6.45, 7) is 2.34. The Hall–Kier alpha value is -1.85. The van der Waals surface area contributed by atoms with E-state index in [4.69, 9.17) is 10.2 Å². The van der Waals surface area contributed by atoms with E-state index in [1.54, 1.807) is 6.26 Å². The smallest absolute Gasteiger partial charge is 0.262 e. The third kappa shape index (κ3) is 2.47. The van der Waals surface area contributed by atoms with Crippen LogP contribution in [0.4, 0.5) is 0 Å². The van der Waals surface area contributed by atoms with Gasteiger partial charge < -0.3 is 10.2 Å². The Balaban J connectivity index is 2.05. The molecule has 96 valence electrons. The van der Waals surface area contributed by atoms with Gasteiger partial charge in [0.05, 0.1) is 11.2 Å². The fourth-order valence-corrected chi connectivity index (χ4v) is 2.71. The Kier molecular flexibility index (Phi) is 3.23. The molecule has 5 heteroatoms. The van der Waals surface area contributed by atoms with E-state index in [1.165, 1.54) is 11.8 Å². The maximum absolute atomic E-state index is 5.80. The van der Waals surface area contributed by atoms with E-state index in [9.17, 15) is 0 Å². The Bertz CT molecular complexity index is 724. The number of rotatable bonds is 3. The van der Waals surface area contributed by atoms with Gasteiger partial charge in [-0.05, 0) is 36.4 Å². The summed E-state index contributed by atoms with van der Waals surface area (Å²) in [5, 5.41) is 2.54. The zero-order valence-electron chi connectivity index (χ0n) is 10.5. The van der Waals surface area contributed by atoms with Gasteiger partial charge in [0.25, 0.3) is 5.22 Å². The molecule has 0 saturated carbocycles. The Labute approximate surface area is 115 Å². The second kappa shape index (κ2) is 5.03. The van der Waals surface area contributed by atoms with Gasteiger partial charge in [0.2, 0.25) is 0 Å². The van der Waals surface area contributed by atoms with Crippen LogP contribution in [0.15, 0.2) is 51.3 Å². The van der Waals surface area contributed by atoms with Gasteiger partial charge in [-0.15, -0.1) is 0 Å². The number of nitrogens with two attached hydrogens (primary N) is 1. The van der Waals surface area contributed by atoms with Crippen LogP contribution >= 0.6 is 11.8 Å². The van der Waals surface area contributed by atoms with Crippen LogP contribution in [0.3, 0.4) is 0 Å². The van der Waals surface area contributed by atoms with Crippen LogP contribution in [0.1, 0.15) is 11.3 Å². The number of benzene rings is 1. The zero-order chi connectivity index (χ0) is 13.2. The number of hydrogen-bond acceptors (Lipinski definition) is 5. The molecule has 0 radical (unpaired) electrons. The van der Waals surface area contributed by atoms with Gasteiger partial charge in [-0.3, -0.25) is 0 Å². The van der Waals surface area contributed by atoms with Crippen molar-refractivity contribution in [2.45, 2.75) is 23.7 Å². The van der Waals surface area contributed by atoms with Crippen LogP contribution < -0.4 is 5.73 Å². The van der Waals surface area contributed by atoms with E-state index in [2.05, 4.69) is 16.0 Å². The van der Waals surface area contributed by atoms with Crippen LogP contribution in [0.2, 0.25) is 0 Å². The fraction of sp³-hybridized carbons (Fsp3) is 0.143. The van der Waals surface area contributed by atoms with Crippen molar-refractivity contribution in [3.63, 3.8) is 0 Å². The molecule has 0 bridgehead atoms. The summed E-state index contributed by atoms with van der Waals surface area (Å²) in [5.74, 6) is 0. The number of nitrogens with zero attached hydrogens (tertiary/aromatic N) is 2. The molecule has 2 N–H and O–H groups in total. The quantitative estimate of drug-likeness (QED) is 0.792. The Morgan fingerprint density at radius 3 is 2.84 bits per heavy atom. The molecule has 3 rings (SSSR count). The molecule has 0 atom stereocenters. The molecule has 0 aliphatic carbocycles. The fourth-order valence-electron chi connectivity index (χ4n) is 1.84. The molecule has 1 aromatic carbocycles. The molecule has 0 aliphatic rings. The standard InChI is InChI=1S/C14H13N3OS/c1-9-8-18-14(16-9)19-13-11(7-15)6-10-4-2-3-5-12(10)17-13/h2-6,8H,7,15H2,1H3. The number of fused-ring (bicyclic) bond motifs is 1. The molecule has 3 aromatic rings. The number of hydrogen-bond donors (Lipinski definition) is 1. The van der Waals surface area contributed by atoms with Crippen LogP contribution in [0, 0.1) is 6.92 Å². The van der Waals surface area contributed by atoms with E-state index in [-0.39, 0.29) is 0 Å². The topological polar surface area (TPSA) is 64.9 Å². The molecule has 19 heavy (non-hydrogen) atoms. The van der Waals surface area contributed by atoms with Crippen LogP contribution in [0.5, 0.6) is 0 Å². The highest BCUT2D eigenvalue weighted by atomic mass is 32.2. The van der Waals surface area contributed by atoms with Crippen molar-refractivity contribution in [1.82, 2.24) is 9.97 Å². The third-order valence-electron chi connectivity index (χ3n) is 2.77. The lowest BCUT2D eigenvalue weighted by Crippen LogP contribution is -2.00. The lowest BCUT2D eigenvalue weighted by atomic mass is 10.1. The molecule has 0 amide bonds. The Morgan fingerprint density at radius 1 is 1.26 bits per heavy atom. The van der Waals surface area contributed by atoms with E-state index in [0.29, 0.717) is 11.8 Å². The summed E-state index contributed by atoms with van der Waals surface area (Å²) in [4.78, 5) is 8.91. The summed E-state index contributed by atoms with van der Waals surface area (Å²) in [6, 6.07) is 10.1. The number of aryl methyl sites for hydroxylation is 1. The monoisotopic (exact) mass is 271 g/mol. The molecule has 0 unspecified atom stereocenters. The molecule has 4 nitrogen and oxygen atoms in total. The van der Waals surface area contributed by atoms with Gasteiger partial charge in [-0.25, -0.2) is 9.97 Å². The minimum atomic E-state index is 0.444. The summed E-state index contributed by atoms with van der Waals surface area (Å²) >= 11 is 1.41. The molecule has 0 aliphatic heterocycles. The van der Waals surface area contributed by atoms with Crippen molar-refractivity contribution < 1.29 is 4.42 Å². The predicted molar refractivity (Wildman–Crippen MR) is 75.0 cm³/mol. The first kappa shape index (κ1) is 12.2. The van der Waals surface area contributed by atoms with Gasteiger partial charge in [-0.2, -0.15) is 0 Å². The van der Waals surface area contributed by atoms with Gasteiger partial charge in [0, 0.05) is 11.9 Å². The molecule has 2 aromatic heterocycles. The molecule has 2 heterocycles. The first-order valence-electron chi connectivity index (χ1n) is 5.95. The van der Waals surface area contributed by atoms with E-state index >= 15 is 0 Å². The van der Waals surface area contributed by atoms with Gasteiger partial charge >= 0.3 is 0 Å². The first-order valence-corrected chi connectivity index (χ1v) is 6.76. The maximum Gasteiger partial charge on any atom is 0.262 e. The second-order valence-corrected chi connectivity index (χ2v) is 5.15. The lowest BCUT2D eigenvalue weighted by Gasteiger charge is -2.06. The highest BCUT2D eigenvalue weighted by Crippen LogP contribution is 2.30. The van der Waals surface area contributed by atoms with Crippen molar-refractivity contribution >= 4 is 22.7 Å². The van der Waals surface area contributed by atoms with E-state index in [1.807, 2.05) is 31.2 Å². The maximum atomic E-state index is 5.80. The minimum absolute atomic E-state index is 0.444. The SMILES string of the molecule is Cc1coc(Sc2nc3ccccc3cc2CN)n1. The molecular weight excluding hydrogens is 258 g/mol. The highest BCUT2D eigenvalue weighted by molar-refractivity contribution is 7.99. The zero-order valence-corrected chi connectivity index (χ0v) is 11.3. The average Bonchev–Trinajstić information content (AvgIpc) is 2.83. The number of oxazole rings is 1. The molecule has 0 saturated heterocycles. The summed E-state index contributed by atoms with van der Waals surface area (Å²) in [7, 11) is 0. The normalized spacial score (nSPS) is 11.1. The predicted octanol–water partition coefficient (Wildman–Crippen LogP) is 3.14. The number of pyridine rings is 1. The first-order chi connectivity index (χ1) is 9.26. The molecule has 0 spiro atoms. The Morgan fingerprint density at radius 2 is 2.11 bits per heavy atom. The van der Waals surface area contributed by atoms with Crippen LogP contribution in [0.25, 0.3) is 10.9 Å². The molecule has 0 fully saturated rings. The third-order valence-corrected chi connectivity index (χ3v) is 3.67. The van der Waals surface area contributed by atoms with Crippen molar-refractivity contribution in [2.24, 2.45) is 5.73 Å². The van der Waals surface area contributed by atoms with Gasteiger partial charge in [0.1, 0.15) is 11.3 Å². The lowest BCUT2D eigenvalue weighted by molar-refractivity contribution is 0.453. The highest BCUT2D eigenvalue weighted by Gasteiger charge is 2.10. The summed E-state index contributed by atoms with van der Waals surface area (Å²) < 4.78 is 5.35. The van der Waals surface area contributed by atoms with Crippen molar-refractivity contribution in [1.29, 1.82) is 0 Å². The van der Waals surface area contributed by atoms with Crippen molar-refractivity contribution in [3.05, 3.63) is 47.9 Å². The average molecular weight is 271 g/mol. The van der Waals surface area contributed by atoms with Gasteiger partial charge in [-0.1, -0.05) is 18.2 Å². The van der Waals surface area contributed by atoms with Gasteiger partial charge in [0.15, 0.2) is 0 Å². The minimum Gasteiger partial charge on any atom is -0.439 e. The van der Waals surface area contributed by atoms with E-state index < -0.39 is 0 Å². The van der Waals surface area contributed by atoms with Crippen molar-refractivity contribution in [2.75, 3.05) is 0 Å². The summed E-state index contributed by atoms with van der Waals surface area (Å²) in [6.07, 6.45) is 1.63. The van der Waals surface area contributed by atoms with Crippen molar-refractivity contribution in [3.8, 4) is 0 Å². The molecular formula is C14H13N3OS. The number of para-hydroxylation sites is 1. The number of aromatic nitrogens is 2. The second-order valence-electron chi connectivity index (χ2n) is 4.21. The van der Waals surface area contributed by atoms with Crippen LogP contribution in [-0.2, 0) is 6.54 Å².